The molecule has 0 heterocycles. The molecule has 0 radical (unpaired) electrons. The van der Waals surface area contributed by atoms with Crippen LogP contribution in [0.1, 0.15) is 38.7 Å². The summed E-state index contributed by atoms with van der Waals surface area (Å²) in [5, 5.41) is 0. The fraction of sp³-hybridized carbons (Fsp3) is 0.538. The Morgan fingerprint density at radius 2 is 2.00 bits per heavy atom. The Morgan fingerprint density at radius 3 is 2.67 bits per heavy atom. The van der Waals surface area contributed by atoms with Gasteiger partial charge in [0.2, 0.25) is 0 Å². The van der Waals surface area contributed by atoms with Crippen LogP contribution in [0.5, 0.6) is 0 Å². The van der Waals surface area contributed by atoms with E-state index in [1.165, 1.54) is 24.8 Å². The molecule has 0 amide bonds. The molecule has 0 aromatic heterocycles. The predicted octanol–water partition coefficient (Wildman–Crippen LogP) is 3.29. The Kier molecular flexibility index (Phi) is 6.05. The summed E-state index contributed by atoms with van der Waals surface area (Å²) in [4.78, 5) is 5.43. The van der Waals surface area contributed by atoms with E-state index < -0.39 is 0 Å². The van der Waals surface area contributed by atoms with Crippen molar-refractivity contribution in [2.75, 3.05) is 0 Å². The van der Waals surface area contributed by atoms with Gasteiger partial charge in [0.25, 0.3) is 0 Å². The van der Waals surface area contributed by atoms with Crippen molar-refractivity contribution in [1.82, 2.24) is 5.48 Å². The van der Waals surface area contributed by atoms with Gasteiger partial charge in [0, 0.05) is 6.04 Å². The highest BCUT2D eigenvalue weighted by Gasteiger charge is 2.00. The number of hydroxylamine groups is 1. The van der Waals surface area contributed by atoms with Gasteiger partial charge in [-0.05, 0) is 18.9 Å². The third kappa shape index (κ3) is 5.55. The fourth-order valence-corrected chi connectivity index (χ4v) is 1.41. The fourth-order valence-electron chi connectivity index (χ4n) is 1.41. The van der Waals surface area contributed by atoms with Crippen molar-refractivity contribution in [2.45, 2.75) is 45.8 Å². The number of nitrogens with one attached hydrogen (secondary N) is 1. The summed E-state index contributed by atoms with van der Waals surface area (Å²) >= 11 is 0. The van der Waals surface area contributed by atoms with Gasteiger partial charge in [-0.1, -0.05) is 50.1 Å². The molecule has 0 aliphatic carbocycles. The summed E-state index contributed by atoms with van der Waals surface area (Å²) in [6.07, 6.45) is 3.67. The van der Waals surface area contributed by atoms with Crippen LogP contribution in [-0.2, 0) is 11.4 Å². The Bertz CT molecular complexity index is 248. The molecular weight excluding hydrogens is 186 g/mol. The van der Waals surface area contributed by atoms with Crippen LogP contribution in [0.4, 0.5) is 0 Å². The zero-order valence-electron chi connectivity index (χ0n) is 9.70. The second kappa shape index (κ2) is 7.43. The average molecular weight is 207 g/mol. The van der Waals surface area contributed by atoms with Crippen molar-refractivity contribution < 1.29 is 4.84 Å². The molecule has 1 atom stereocenters. The molecule has 2 nitrogen and oxygen atoms in total. The molecule has 0 spiro atoms. The van der Waals surface area contributed by atoms with Crippen LogP contribution >= 0.6 is 0 Å². The molecule has 2 heteroatoms. The molecule has 1 rings (SSSR count). The van der Waals surface area contributed by atoms with Gasteiger partial charge in [0.1, 0.15) is 0 Å². The number of unbranched alkanes of at least 4 members (excludes halogenated alkanes) is 1. The molecular formula is C13H21NO. The number of benzene rings is 1. The number of hydrogen-bond acceptors (Lipinski definition) is 2. The van der Waals surface area contributed by atoms with E-state index in [2.05, 4.69) is 31.5 Å². The molecule has 1 N–H and O–H groups in total. The molecule has 84 valence electrons. The van der Waals surface area contributed by atoms with Crippen LogP contribution in [-0.4, -0.2) is 6.04 Å². The second-order valence-electron chi connectivity index (χ2n) is 3.94. The van der Waals surface area contributed by atoms with Crippen LogP contribution in [0.3, 0.4) is 0 Å². The lowest BCUT2D eigenvalue weighted by Gasteiger charge is -2.13. The van der Waals surface area contributed by atoms with E-state index in [-0.39, 0.29) is 0 Å². The largest absolute Gasteiger partial charge is 0.297 e. The first kappa shape index (κ1) is 12.2. The lowest BCUT2D eigenvalue weighted by molar-refractivity contribution is 0.00540. The molecule has 1 aromatic carbocycles. The van der Waals surface area contributed by atoms with Crippen molar-refractivity contribution in [1.29, 1.82) is 0 Å². The van der Waals surface area contributed by atoms with Crippen molar-refractivity contribution in [2.24, 2.45) is 0 Å². The number of rotatable bonds is 7. The maximum absolute atomic E-state index is 5.43. The molecule has 0 aliphatic heterocycles. The zero-order chi connectivity index (χ0) is 10.9. The van der Waals surface area contributed by atoms with Crippen LogP contribution in [0, 0.1) is 0 Å². The van der Waals surface area contributed by atoms with E-state index >= 15 is 0 Å². The van der Waals surface area contributed by atoms with Gasteiger partial charge in [-0.15, -0.1) is 0 Å². The predicted molar refractivity (Wildman–Crippen MR) is 63.4 cm³/mol. The minimum atomic E-state index is 0.439. The van der Waals surface area contributed by atoms with E-state index in [0.29, 0.717) is 12.6 Å². The first-order chi connectivity index (χ1) is 7.33. The van der Waals surface area contributed by atoms with Crippen molar-refractivity contribution in [3.63, 3.8) is 0 Å². The standard InChI is InChI=1S/C13H21NO/c1-3-4-8-12(2)14-15-11-13-9-6-5-7-10-13/h5-7,9-10,12,14H,3-4,8,11H2,1-2H3. The SMILES string of the molecule is CCCCC(C)NOCc1ccccc1. The van der Waals surface area contributed by atoms with Crippen molar-refractivity contribution in [3.05, 3.63) is 35.9 Å². The lowest BCUT2D eigenvalue weighted by atomic mass is 10.2. The van der Waals surface area contributed by atoms with Crippen molar-refractivity contribution in [3.8, 4) is 0 Å². The minimum Gasteiger partial charge on any atom is -0.297 e. The van der Waals surface area contributed by atoms with E-state index in [1.807, 2.05) is 18.2 Å². The van der Waals surface area contributed by atoms with Crippen molar-refractivity contribution >= 4 is 0 Å². The average Bonchev–Trinajstić information content (AvgIpc) is 2.28. The van der Waals surface area contributed by atoms with Crippen LogP contribution in [0.2, 0.25) is 0 Å². The van der Waals surface area contributed by atoms with E-state index in [0.717, 1.165) is 0 Å². The van der Waals surface area contributed by atoms with Gasteiger partial charge in [-0.25, -0.2) is 0 Å². The smallest absolute Gasteiger partial charge is 0.0933 e. The topological polar surface area (TPSA) is 21.3 Å². The molecule has 15 heavy (non-hydrogen) atoms. The number of hydrogen-bond donors (Lipinski definition) is 1. The summed E-state index contributed by atoms with van der Waals surface area (Å²) in [5.74, 6) is 0. The molecule has 0 saturated heterocycles. The Morgan fingerprint density at radius 1 is 1.27 bits per heavy atom. The van der Waals surface area contributed by atoms with E-state index in [4.69, 9.17) is 4.84 Å². The summed E-state index contributed by atoms with van der Waals surface area (Å²) < 4.78 is 0. The van der Waals surface area contributed by atoms with Gasteiger partial charge >= 0.3 is 0 Å². The van der Waals surface area contributed by atoms with Gasteiger partial charge in [-0.2, -0.15) is 5.48 Å². The van der Waals surface area contributed by atoms with Gasteiger partial charge < -0.3 is 0 Å². The Hall–Kier alpha value is -0.860. The van der Waals surface area contributed by atoms with Gasteiger partial charge in [-0.3, -0.25) is 4.84 Å². The molecule has 1 unspecified atom stereocenters. The van der Waals surface area contributed by atoms with E-state index in [1.54, 1.807) is 0 Å². The van der Waals surface area contributed by atoms with Crippen LogP contribution < -0.4 is 5.48 Å². The van der Waals surface area contributed by atoms with Crippen LogP contribution in [0.15, 0.2) is 30.3 Å². The zero-order valence-corrected chi connectivity index (χ0v) is 9.70. The van der Waals surface area contributed by atoms with E-state index in [9.17, 15) is 0 Å². The van der Waals surface area contributed by atoms with Gasteiger partial charge in [0.05, 0.1) is 6.61 Å². The maximum atomic E-state index is 5.43. The first-order valence-corrected chi connectivity index (χ1v) is 5.74. The van der Waals surface area contributed by atoms with Crippen LogP contribution in [0.25, 0.3) is 0 Å². The van der Waals surface area contributed by atoms with Gasteiger partial charge in [0.15, 0.2) is 0 Å². The monoisotopic (exact) mass is 207 g/mol. The maximum Gasteiger partial charge on any atom is 0.0933 e. The lowest BCUT2D eigenvalue weighted by Crippen LogP contribution is -2.25. The molecule has 0 bridgehead atoms. The second-order valence-corrected chi connectivity index (χ2v) is 3.94. The molecule has 1 aromatic rings. The molecule has 0 aliphatic rings. The summed E-state index contributed by atoms with van der Waals surface area (Å²) in [6.45, 7) is 5.00. The summed E-state index contributed by atoms with van der Waals surface area (Å²) in [7, 11) is 0. The minimum absolute atomic E-state index is 0.439. The highest BCUT2D eigenvalue weighted by Crippen LogP contribution is 2.02. The quantitative estimate of drug-likeness (QED) is 0.693. The molecule has 0 fully saturated rings. The third-order valence-corrected chi connectivity index (χ3v) is 2.36. The summed E-state index contributed by atoms with van der Waals surface area (Å²) in [6, 6.07) is 10.6. The first-order valence-electron chi connectivity index (χ1n) is 5.74. The highest BCUT2D eigenvalue weighted by atomic mass is 16.6. The Labute approximate surface area is 92.6 Å². The normalized spacial score (nSPS) is 12.7. The molecule has 0 saturated carbocycles. The highest BCUT2D eigenvalue weighted by molar-refractivity contribution is 5.13. The third-order valence-electron chi connectivity index (χ3n) is 2.36. The Balaban J connectivity index is 2.11. The summed E-state index contributed by atoms with van der Waals surface area (Å²) in [5.41, 5.74) is 4.27.